The van der Waals surface area contributed by atoms with Crippen LogP contribution in [0, 0.1) is 0 Å². The molecule has 3 heteroatoms. The number of allylic oxidation sites excluding steroid dienone is 2. The van der Waals surface area contributed by atoms with E-state index in [0.29, 0.717) is 25.7 Å². The highest BCUT2D eigenvalue weighted by molar-refractivity contribution is 5.79. The van der Waals surface area contributed by atoms with Gasteiger partial charge in [-0.1, -0.05) is 25.5 Å². The largest absolute Gasteiger partial charge is 0.469 e. The van der Waals surface area contributed by atoms with Crippen LogP contribution in [0.2, 0.25) is 0 Å². The van der Waals surface area contributed by atoms with Gasteiger partial charge < -0.3 is 4.74 Å². The molecule has 0 rings (SSSR count). The molecule has 0 fully saturated rings. The summed E-state index contributed by atoms with van der Waals surface area (Å²) in [6.45, 7) is 2.16. The highest BCUT2D eigenvalue weighted by atomic mass is 16.5. The second kappa shape index (κ2) is 12.3. The van der Waals surface area contributed by atoms with Crippen molar-refractivity contribution in [1.29, 1.82) is 0 Å². The molecular formula is C15H26O3. The van der Waals surface area contributed by atoms with Crippen LogP contribution < -0.4 is 0 Å². The molecule has 0 aromatic carbocycles. The number of hydrogen-bond donors (Lipinski definition) is 0. The minimum atomic E-state index is -0.233. The minimum Gasteiger partial charge on any atom is -0.469 e. The number of carbonyl (C=O) groups excluding carboxylic acids is 2. The fourth-order valence-corrected chi connectivity index (χ4v) is 1.64. The zero-order chi connectivity index (χ0) is 13.6. The van der Waals surface area contributed by atoms with Gasteiger partial charge in [-0.25, -0.2) is 0 Å². The third kappa shape index (κ3) is 11.4. The lowest BCUT2D eigenvalue weighted by Crippen LogP contribution is -2.03. The molecule has 0 aliphatic rings. The highest BCUT2D eigenvalue weighted by Crippen LogP contribution is 2.06. The van der Waals surface area contributed by atoms with Gasteiger partial charge in [-0.05, 0) is 32.1 Å². The van der Waals surface area contributed by atoms with E-state index in [1.165, 1.54) is 13.5 Å². The topological polar surface area (TPSA) is 43.4 Å². The summed E-state index contributed by atoms with van der Waals surface area (Å²) in [6, 6.07) is 0. The molecule has 18 heavy (non-hydrogen) atoms. The number of carbonyl (C=O) groups is 2. The van der Waals surface area contributed by atoms with E-state index in [0.717, 1.165) is 25.7 Å². The molecule has 0 radical (unpaired) electrons. The number of rotatable bonds is 11. The van der Waals surface area contributed by atoms with Crippen molar-refractivity contribution in [3.05, 3.63) is 12.2 Å². The van der Waals surface area contributed by atoms with E-state index in [4.69, 9.17) is 0 Å². The van der Waals surface area contributed by atoms with E-state index in [1.54, 1.807) is 0 Å². The van der Waals surface area contributed by atoms with Gasteiger partial charge in [0.05, 0.1) is 7.11 Å². The van der Waals surface area contributed by atoms with Gasteiger partial charge in [0.1, 0.15) is 5.78 Å². The summed E-state index contributed by atoms with van der Waals surface area (Å²) in [5, 5.41) is 0. The maximum Gasteiger partial charge on any atom is 0.305 e. The van der Waals surface area contributed by atoms with Gasteiger partial charge in [0.15, 0.2) is 0 Å². The van der Waals surface area contributed by atoms with Crippen LogP contribution in [0.4, 0.5) is 0 Å². The van der Waals surface area contributed by atoms with Gasteiger partial charge in [-0.2, -0.15) is 0 Å². The van der Waals surface area contributed by atoms with Crippen molar-refractivity contribution in [1.82, 2.24) is 0 Å². The predicted molar refractivity (Wildman–Crippen MR) is 73.4 cm³/mol. The summed E-state index contributed by atoms with van der Waals surface area (Å²) >= 11 is 0. The van der Waals surface area contributed by atoms with Crippen molar-refractivity contribution in [3.63, 3.8) is 0 Å². The summed E-state index contributed by atoms with van der Waals surface area (Å²) < 4.78 is 4.52. The first-order valence-corrected chi connectivity index (χ1v) is 6.94. The molecule has 0 spiro atoms. The summed E-state index contributed by atoms with van der Waals surface area (Å²) in [5.74, 6) is 0.0281. The average molecular weight is 254 g/mol. The van der Waals surface area contributed by atoms with Crippen LogP contribution in [0.15, 0.2) is 12.2 Å². The van der Waals surface area contributed by atoms with E-state index in [9.17, 15) is 9.59 Å². The fourth-order valence-electron chi connectivity index (χ4n) is 1.64. The number of Topliss-reactive ketones (excluding diaryl/α,β-unsaturated/α-hetero) is 1. The molecule has 0 atom stereocenters. The van der Waals surface area contributed by atoms with Crippen LogP contribution in [0.3, 0.4) is 0 Å². The Balaban J connectivity index is 3.34. The molecule has 0 unspecified atom stereocenters. The smallest absolute Gasteiger partial charge is 0.305 e. The Labute approximate surface area is 111 Å². The zero-order valence-electron chi connectivity index (χ0n) is 11.7. The van der Waals surface area contributed by atoms with Gasteiger partial charge in [-0.15, -0.1) is 0 Å². The zero-order valence-corrected chi connectivity index (χ0v) is 11.7. The molecule has 0 aromatic heterocycles. The van der Waals surface area contributed by atoms with Gasteiger partial charge in [-0.3, -0.25) is 9.59 Å². The Kier molecular flexibility index (Phi) is 11.6. The number of ketones is 1. The first-order valence-electron chi connectivity index (χ1n) is 6.94. The number of hydrogen-bond acceptors (Lipinski definition) is 3. The first kappa shape index (κ1) is 16.9. The molecular weight excluding hydrogens is 228 g/mol. The molecule has 3 nitrogen and oxygen atoms in total. The molecule has 0 aliphatic carbocycles. The van der Waals surface area contributed by atoms with Crippen molar-refractivity contribution in [2.75, 3.05) is 7.11 Å². The second-order valence-corrected chi connectivity index (χ2v) is 4.47. The molecule has 0 aromatic rings. The van der Waals surface area contributed by atoms with Crippen molar-refractivity contribution >= 4 is 11.8 Å². The lowest BCUT2D eigenvalue weighted by atomic mass is 10.1. The van der Waals surface area contributed by atoms with E-state index in [2.05, 4.69) is 23.8 Å². The van der Waals surface area contributed by atoms with E-state index >= 15 is 0 Å². The molecule has 0 aliphatic heterocycles. The lowest BCUT2D eigenvalue weighted by molar-refractivity contribution is -0.140. The maximum absolute atomic E-state index is 11.5. The van der Waals surface area contributed by atoms with Crippen LogP contribution in [0.5, 0.6) is 0 Å². The van der Waals surface area contributed by atoms with E-state index in [-0.39, 0.29) is 11.8 Å². The number of unbranched alkanes of at least 4 members (excludes halogenated alkanes) is 3. The van der Waals surface area contributed by atoms with Crippen molar-refractivity contribution in [3.8, 4) is 0 Å². The number of esters is 1. The van der Waals surface area contributed by atoms with Crippen LogP contribution in [-0.4, -0.2) is 18.9 Å². The molecule has 104 valence electrons. The van der Waals surface area contributed by atoms with Gasteiger partial charge in [0.25, 0.3) is 0 Å². The van der Waals surface area contributed by atoms with Crippen LogP contribution in [0.1, 0.15) is 64.7 Å². The Morgan fingerprint density at radius 2 is 1.61 bits per heavy atom. The average Bonchev–Trinajstić information content (AvgIpc) is 2.37. The normalized spacial score (nSPS) is 10.8. The molecule has 0 heterocycles. The lowest BCUT2D eigenvalue weighted by Gasteiger charge is -2.00. The Bertz CT molecular complexity index is 256. The SMILES string of the molecule is CCCC=CCCCCC(=O)CCCC(=O)OC. The number of ether oxygens (including phenoxy) is 1. The summed E-state index contributed by atoms with van der Waals surface area (Å²) in [4.78, 5) is 22.3. The summed E-state index contributed by atoms with van der Waals surface area (Å²) in [7, 11) is 1.37. The Hall–Kier alpha value is -1.12. The molecule has 0 saturated heterocycles. The third-order valence-corrected chi connectivity index (χ3v) is 2.76. The van der Waals surface area contributed by atoms with Crippen molar-refractivity contribution < 1.29 is 14.3 Å². The van der Waals surface area contributed by atoms with Crippen LogP contribution in [0.25, 0.3) is 0 Å². The van der Waals surface area contributed by atoms with Crippen LogP contribution in [-0.2, 0) is 14.3 Å². The molecule has 0 amide bonds. The van der Waals surface area contributed by atoms with E-state index < -0.39 is 0 Å². The molecule has 0 saturated carbocycles. The van der Waals surface area contributed by atoms with Crippen molar-refractivity contribution in [2.24, 2.45) is 0 Å². The van der Waals surface area contributed by atoms with Crippen LogP contribution >= 0.6 is 0 Å². The van der Waals surface area contributed by atoms with Gasteiger partial charge in [0, 0.05) is 19.3 Å². The molecule has 0 N–H and O–H groups in total. The first-order chi connectivity index (χ1) is 8.70. The summed E-state index contributed by atoms with van der Waals surface area (Å²) in [5.41, 5.74) is 0. The quantitative estimate of drug-likeness (QED) is 0.320. The summed E-state index contributed by atoms with van der Waals surface area (Å²) in [6.07, 6.45) is 11.9. The minimum absolute atomic E-state index is 0.233. The number of methoxy groups -OCH3 is 1. The van der Waals surface area contributed by atoms with Gasteiger partial charge in [0.2, 0.25) is 0 Å². The monoisotopic (exact) mass is 254 g/mol. The highest BCUT2D eigenvalue weighted by Gasteiger charge is 2.04. The third-order valence-electron chi connectivity index (χ3n) is 2.76. The maximum atomic E-state index is 11.5. The van der Waals surface area contributed by atoms with E-state index in [1.807, 2.05) is 0 Å². The second-order valence-electron chi connectivity index (χ2n) is 4.47. The van der Waals surface area contributed by atoms with Gasteiger partial charge >= 0.3 is 5.97 Å². The predicted octanol–water partition coefficient (Wildman–Crippen LogP) is 3.82. The fraction of sp³-hybridized carbons (Fsp3) is 0.733. The standard InChI is InChI=1S/C15H26O3/c1-3-4-5-6-7-8-9-11-14(16)12-10-13-15(17)18-2/h5-6H,3-4,7-13H2,1-2H3. The Morgan fingerprint density at radius 3 is 2.28 bits per heavy atom. The Morgan fingerprint density at radius 1 is 0.944 bits per heavy atom. The van der Waals surface area contributed by atoms with Crippen molar-refractivity contribution in [2.45, 2.75) is 64.7 Å². The molecule has 0 bridgehead atoms.